The van der Waals surface area contributed by atoms with Crippen molar-refractivity contribution in [1.82, 2.24) is 25.3 Å². The highest BCUT2D eigenvalue weighted by atomic mass is 35.5. The molecule has 0 spiro atoms. The summed E-state index contributed by atoms with van der Waals surface area (Å²) in [6.45, 7) is 3.83. The van der Waals surface area contributed by atoms with E-state index in [-0.39, 0.29) is 27.0 Å². The molecule has 62 heavy (non-hydrogen) atoms. The second-order valence-electron chi connectivity index (χ2n) is 13.4. The average Bonchev–Trinajstić information content (AvgIpc) is 3.30. The van der Waals surface area contributed by atoms with Crippen LogP contribution in [0.2, 0.25) is 20.1 Å². The van der Waals surface area contributed by atoms with Crippen LogP contribution in [-0.4, -0.2) is 91.5 Å². The maximum absolute atomic E-state index is 13.3. The summed E-state index contributed by atoms with van der Waals surface area (Å²) in [7, 11) is 5.98. The van der Waals surface area contributed by atoms with E-state index in [1.165, 1.54) is 46.9 Å². The lowest BCUT2D eigenvalue weighted by Crippen LogP contribution is -2.43. The molecule has 1 saturated heterocycles. The van der Waals surface area contributed by atoms with Crippen LogP contribution in [0.4, 0.5) is 11.4 Å². The quantitative estimate of drug-likeness (QED) is 0.119. The lowest BCUT2D eigenvalue weighted by atomic mass is 9.99. The molecule has 1 aliphatic heterocycles. The molecule has 8 rings (SSSR count). The van der Waals surface area contributed by atoms with E-state index in [2.05, 4.69) is 35.5 Å². The molecular formula is C44H37Cl4N7O7. The Morgan fingerprint density at radius 1 is 0.597 bits per heavy atom. The van der Waals surface area contributed by atoms with Gasteiger partial charge in [-0.1, -0.05) is 58.5 Å². The van der Waals surface area contributed by atoms with Crippen molar-refractivity contribution in [2.45, 2.75) is 0 Å². The van der Waals surface area contributed by atoms with Crippen LogP contribution in [0, 0.1) is 0 Å². The van der Waals surface area contributed by atoms with Crippen molar-refractivity contribution in [3.63, 3.8) is 0 Å². The minimum atomic E-state index is -1.10. The molecule has 318 valence electrons. The topological polar surface area (TPSA) is 170 Å². The number of halogens is 4. The molecule has 14 nitrogen and oxygen atoms in total. The zero-order valence-corrected chi connectivity index (χ0v) is 36.6. The number of piperazine rings is 1. The summed E-state index contributed by atoms with van der Waals surface area (Å²) in [4.78, 5) is 44.4. The van der Waals surface area contributed by atoms with Gasteiger partial charge in [-0.3, -0.25) is 24.7 Å². The molecule has 2 aromatic heterocycles. The predicted octanol–water partition coefficient (Wildman–Crippen LogP) is 9.60. The number of rotatable bonds is 10. The molecule has 0 atom stereocenters. The smallest absolute Gasteiger partial charge is 0.337 e. The van der Waals surface area contributed by atoms with Crippen LogP contribution in [0.25, 0.3) is 44.3 Å². The summed E-state index contributed by atoms with van der Waals surface area (Å²) in [6.07, 6.45) is 5.99. The van der Waals surface area contributed by atoms with Crippen molar-refractivity contribution in [3.8, 4) is 45.3 Å². The molecule has 7 aromatic rings. The minimum Gasteiger partial charge on any atom is -0.495 e. The van der Waals surface area contributed by atoms with E-state index in [4.69, 9.17) is 65.4 Å². The van der Waals surface area contributed by atoms with Gasteiger partial charge in [0.15, 0.2) is 0 Å². The zero-order valence-electron chi connectivity index (χ0n) is 33.6. The van der Waals surface area contributed by atoms with Gasteiger partial charge in [-0.25, -0.2) is 4.79 Å². The molecule has 1 amide bonds. The lowest BCUT2D eigenvalue weighted by Gasteiger charge is -2.29. The maximum Gasteiger partial charge on any atom is 0.337 e. The number of hydrogen-bond acceptors (Lipinski definition) is 12. The molecule has 1 fully saturated rings. The number of aromatic carboxylic acids is 1. The number of benzene rings is 5. The Labute approximate surface area is 375 Å². The number of carboxylic acids is 1. The van der Waals surface area contributed by atoms with Gasteiger partial charge in [0.1, 0.15) is 34.0 Å². The summed E-state index contributed by atoms with van der Waals surface area (Å²) in [5.41, 5.74) is 5.77. The fraction of sp³-hybridized carbons (Fsp3) is 0.182. The Bertz CT molecular complexity index is 2770. The van der Waals surface area contributed by atoms with Crippen molar-refractivity contribution in [3.05, 3.63) is 117 Å². The molecule has 0 aliphatic carbocycles. The van der Waals surface area contributed by atoms with Crippen LogP contribution >= 0.6 is 46.4 Å². The van der Waals surface area contributed by atoms with E-state index < -0.39 is 5.97 Å². The summed E-state index contributed by atoms with van der Waals surface area (Å²) in [5, 5.41) is 16.8. The first kappa shape index (κ1) is 43.9. The number of aromatic nitrogens is 4. The summed E-state index contributed by atoms with van der Waals surface area (Å²) in [6, 6.07) is 17.5. The standard InChI is InChI=1S/C27H25Cl2N5O3.C17H12Cl2N2O4/c1-36-20-15-21(37-2)24(29)22(23(20)28)18-7-8-19(26-25(18)31-9-10-32-26)27(35)33-16-3-5-17(6-4-16)34-13-11-30-12-14-34;1-24-10-7-11(25-2)14(19)12(13(10)18)8-3-4-9(17(22)23)16-15(8)20-5-6-21-16/h3-10,15,30H,11-14H2,1-2H3,(H,33,35);3-7H,1-2H3,(H,22,23). The number of nitrogens with zero attached hydrogens (tertiary/aromatic N) is 5. The minimum absolute atomic E-state index is 0.0361. The predicted molar refractivity (Wildman–Crippen MR) is 243 cm³/mol. The maximum atomic E-state index is 13.3. The molecule has 3 N–H and O–H groups in total. The molecule has 0 unspecified atom stereocenters. The van der Waals surface area contributed by atoms with Gasteiger partial charge < -0.3 is 39.6 Å². The zero-order chi connectivity index (χ0) is 44.1. The molecule has 0 radical (unpaired) electrons. The van der Waals surface area contributed by atoms with E-state index in [0.29, 0.717) is 83.1 Å². The van der Waals surface area contributed by atoms with Crippen molar-refractivity contribution in [2.75, 3.05) is 64.8 Å². The fourth-order valence-corrected chi connectivity index (χ4v) is 8.40. The summed E-state index contributed by atoms with van der Waals surface area (Å²) < 4.78 is 21.4. The van der Waals surface area contributed by atoms with E-state index in [1.54, 1.807) is 42.7 Å². The van der Waals surface area contributed by atoms with Crippen molar-refractivity contribution >= 4 is 91.7 Å². The van der Waals surface area contributed by atoms with Crippen LogP contribution in [0.3, 0.4) is 0 Å². The number of amides is 1. The summed E-state index contributed by atoms with van der Waals surface area (Å²) >= 11 is 26.2. The van der Waals surface area contributed by atoms with E-state index in [1.807, 2.05) is 24.3 Å². The number of anilines is 2. The molecule has 18 heteroatoms. The number of nitrogens with one attached hydrogen (secondary N) is 2. The van der Waals surface area contributed by atoms with Gasteiger partial charge in [0, 0.05) is 96.7 Å². The monoisotopic (exact) mass is 915 g/mol. The Kier molecular flexibility index (Phi) is 13.6. The largest absolute Gasteiger partial charge is 0.495 e. The van der Waals surface area contributed by atoms with Gasteiger partial charge in [0.2, 0.25) is 0 Å². The number of carbonyl (C=O) groups is 2. The van der Waals surface area contributed by atoms with Gasteiger partial charge in [-0.05, 0) is 36.4 Å². The summed E-state index contributed by atoms with van der Waals surface area (Å²) in [5.74, 6) is 0.154. The third-order valence-electron chi connectivity index (χ3n) is 10.0. The number of methoxy groups -OCH3 is 4. The van der Waals surface area contributed by atoms with Crippen molar-refractivity contribution in [1.29, 1.82) is 0 Å². The first-order chi connectivity index (χ1) is 30.0. The Morgan fingerprint density at radius 2 is 1.00 bits per heavy atom. The molecule has 3 heterocycles. The van der Waals surface area contributed by atoms with E-state index in [9.17, 15) is 14.7 Å². The first-order valence-corrected chi connectivity index (χ1v) is 20.3. The van der Waals surface area contributed by atoms with Crippen molar-refractivity contribution < 1.29 is 33.6 Å². The van der Waals surface area contributed by atoms with Crippen LogP contribution in [0.5, 0.6) is 23.0 Å². The normalized spacial score (nSPS) is 12.4. The molecule has 5 aromatic carbocycles. The van der Waals surface area contributed by atoms with E-state index in [0.717, 1.165) is 31.9 Å². The average molecular weight is 918 g/mol. The molecule has 0 bridgehead atoms. The van der Waals surface area contributed by atoms with Gasteiger partial charge in [0.25, 0.3) is 5.91 Å². The first-order valence-electron chi connectivity index (χ1n) is 18.8. The van der Waals surface area contributed by atoms with Crippen LogP contribution in [-0.2, 0) is 0 Å². The van der Waals surface area contributed by atoms with Crippen molar-refractivity contribution in [2.24, 2.45) is 0 Å². The third kappa shape index (κ3) is 8.65. The number of ether oxygens (including phenoxy) is 4. The Hall–Kier alpha value is -6.16. The van der Waals surface area contributed by atoms with Crippen LogP contribution < -0.4 is 34.5 Å². The molecule has 0 saturated carbocycles. The van der Waals surface area contributed by atoms with Gasteiger partial charge in [-0.15, -0.1) is 0 Å². The second-order valence-corrected chi connectivity index (χ2v) is 15.0. The van der Waals surface area contributed by atoms with Crippen LogP contribution in [0.1, 0.15) is 20.7 Å². The third-order valence-corrected chi connectivity index (χ3v) is 11.5. The van der Waals surface area contributed by atoms with Gasteiger partial charge in [-0.2, -0.15) is 0 Å². The second kappa shape index (κ2) is 19.3. The number of fused-ring (bicyclic) bond motifs is 2. The highest BCUT2D eigenvalue weighted by Gasteiger charge is 2.25. The Balaban J connectivity index is 0.000000201. The fourth-order valence-electron chi connectivity index (χ4n) is 6.99. The SMILES string of the molecule is COc1cc(OC)c(Cl)c(-c2ccc(C(=O)Nc3ccc(N4CCNCC4)cc3)c3nccnc23)c1Cl.COc1cc(OC)c(Cl)c(-c2ccc(C(=O)O)c3nccnc23)c1Cl. The highest BCUT2D eigenvalue weighted by Crippen LogP contribution is 2.49. The lowest BCUT2D eigenvalue weighted by molar-refractivity contribution is 0.0698. The molecular weight excluding hydrogens is 880 g/mol. The number of hydrogen-bond donors (Lipinski definition) is 3. The number of carbonyl (C=O) groups excluding carboxylic acids is 1. The van der Waals surface area contributed by atoms with Gasteiger partial charge >= 0.3 is 5.97 Å². The number of carboxylic acid groups (broad SMARTS) is 1. The van der Waals surface area contributed by atoms with Gasteiger partial charge in [0.05, 0.1) is 70.7 Å². The molecule has 1 aliphatic rings. The highest BCUT2D eigenvalue weighted by molar-refractivity contribution is 6.42. The van der Waals surface area contributed by atoms with E-state index >= 15 is 0 Å². The van der Waals surface area contributed by atoms with Crippen LogP contribution in [0.15, 0.2) is 85.5 Å². The Morgan fingerprint density at radius 3 is 1.42 bits per heavy atom.